The van der Waals surface area contributed by atoms with E-state index in [9.17, 15) is 0 Å². The molecular weight excluding hydrogens is 207 g/mol. The van der Waals surface area contributed by atoms with Crippen LogP contribution in [0, 0.1) is 0 Å². The second kappa shape index (κ2) is 8.30. The van der Waals surface area contributed by atoms with Gasteiger partial charge in [-0.1, -0.05) is 6.92 Å². The maximum atomic E-state index is 5.45. The number of hydrogen-bond acceptors (Lipinski definition) is 2. The summed E-state index contributed by atoms with van der Waals surface area (Å²) in [6, 6.07) is 4.08. The van der Waals surface area contributed by atoms with Crippen molar-refractivity contribution in [3.05, 3.63) is 30.1 Å². The Hall–Kier alpha value is -0.310. The van der Waals surface area contributed by atoms with Crippen LogP contribution in [0.1, 0.15) is 24.8 Å². The summed E-state index contributed by atoms with van der Waals surface area (Å²) in [5.74, 6) is 0.558. The first-order valence-corrected chi connectivity index (χ1v) is 3.94. The van der Waals surface area contributed by atoms with Crippen molar-refractivity contribution >= 4 is 24.8 Å². The Morgan fingerprint density at radius 2 is 1.85 bits per heavy atom. The van der Waals surface area contributed by atoms with Gasteiger partial charge in [-0.25, -0.2) is 0 Å². The number of hydrogen-bond donors (Lipinski definition) is 1. The quantitative estimate of drug-likeness (QED) is 0.854. The van der Waals surface area contributed by atoms with Crippen molar-refractivity contribution in [2.75, 3.05) is 6.54 Å². The molecule has 0 radical (unpaired) electrons. The molecule has 0 spiro atoms. The summed E-state index contributed by atoms with van der Waals surface area (Å²) in [5.41, 5.74) is 6.78. The van der Waals surface area contributed by atoms with Crippen molar-refractivity contribution in [1.29, 1.82) is 0 Å². The van der Waals surface area contributed by atoms with Crippen molar-refractivity contribution in [2.45, 2.75) is 19.3 Å². The van der Waals surface area contributed by atoms with Crippen molar-refractivity contribution < 1.29 is 0 Å². The van der Waals surface area contributed by atoms with E-state index in [0.29, 0.717) is 5.92 Å². The molecule has 0 saturated heterocycles. The molecule has 1 aromatic rings. The second-order valence-electron chi connectivity index (χ2n) is 2.76. The Balaban J connectivity index is 0. The highest BCUT2D eigenvalue weighted by molar-refractivity contribution is 5.85. The number of nitrogens with two attached hydrogens (primary N) is 1. The van der Waals surface area contributed by atoms with Gasteiger partial charge in [0.1, 0.15) is 0 Å². The maximum absolute atomic E-state index is 5.45. The Bertz CT molecular complexity index is 204. The summed E-state index contributed by atoms with van der Waals surface area (Å²) in [6.07, 6.45) is 4.69. The minimum atomic E-state index is 0. The second-order valence-corrected chi connectivity index (χ2v) is 2.76. The van der Waals surface area contributed by atoms with E-state index in [2.05, 4.69) is 11.9 Å². The van der Waals surface area contributed by atoms with Gasteiger partial charge in [-0.2, -0.15) is 0 Å². The average Bonchev–Trinajstić information content (AvgIpc) is 2.07. The molecular formula is C9H16Cl2N2. The molecule has 0 fully saturated rings. The molecule has 1 aromatic heterocycles. The van der Waals surface area contributed by atoms with Crippen LogP contribution in [0.3, 0.4) is 0 Å². The molecule has 0 aromatic carbocycles. The van der Waals surface area contributed by atoms with E-state index in [1.165, 1.54) is 5.56 Å². The molecule has 1 unspecified atom stereocenters. The lowest BCUT2D eigenvalue weighted by atomic mass is 9.99. The SMILES string of the molecule is CC(CCN)c1ccncc1.Cl.Cl. The van der Waals surface area contributed by atoms with Gasteiger partial charge in [0.25, 0.3) is 0 Å². The third-order valence-corrected chi connectivity index (χ3v) is 1.87. The fraction of sp³-hybridized carbons (Fsp3) is 0.444. The van der Waals surface area contributed by atoms with Crippen LogP contribution in [-0.2, 0) is 0 Å². The van der Waals surface area contributed by atoms with Gasteiger partial charge in [-0.15, -0.1) is 24.8 Å². The number of nitrogens with zero attached hydrogens (tertiary/aromatic N) is 1. The van der Waals surface area contributed by atoms with Crippen LogP contribution >= 0.6 is 24.8 Å². The summed E-state index contributed by atoms with van der Waals surface area (Å²) in [6.45, 7) is 2.94. The highest BCUT2D eigenvalue weighted by Gasteiger charge is 2.01. The topological polar surface area (TPSA) is 38.9 Å². The first-order valence-electron chi connectivity index (χ1n) is 3.94. The Labute approximate surface area is 91.8 Å². The standard InChI is InChI=1S/C9H14N2.2ClH/c1-8(2-5-10)9-3-6-11-7-4-9;;/h3-4,6-8H,2,5,10H2,1H3;2*1H. The van der Waals surface area contributed by atoms with Gasteiger partial charge >= 0.3 is 0 Å². The Morgan fingerprint density at radius 1 is 1.31 bits per heavy atom. The molecule has 2 nitrogen and oxygen atoms in total. The first-order chi connectivity index (χ1) is 5.34. The zero-order valence-corrected chi connectivity index (χ0v) is 9.28. The minimum absolute atomic E-state index is 0. The molecule has 0 aliphatic heterocycles. The van der Waals surface area contributed by atoms with Crippen LogP contribution in [0.15, 0.2) is 24.5 Å². The molecule has 0 saturated carbocycles. The van der Waals surface area contributed by atoms with Crippen LogP contribution in [0.5, 0.6) is 0 Å². The summed E-state index contributed by atoms with van der Waals surface area (Å²) in [7, 11) is 0. The van der Waals surface area contributed by atoms with E-state index >= 15 is 0 Å². The lowest BCUT2D eigenvalue weighted by Gasteiger charge is -2.08. The van der Waals surface area contributed by atoms with Crippen LogP contribution in [0.4, 0.5) is 0 Å². The van der Waals surface area contributed by atoms with Gasteiger partial charge in [0.05, 0.1) is 0 Å². The highest BCUT2D eigenvalue weighted by atomic mass is 35.5. The molecule has 4 heteroatoms. The molecule has 1 heterocycles. The molecule has 0 aliphatic rings. The van der Waals surface area contributed by atoms with E-state index in [1.807, 2.05) is 24.5 Å². The molecule has 2 N–H and O–H groups in total. The monoisotopic (exact) mass is 222 g/mol. The lowest BCUT2D eigenvalue weighted by Crippen LogP contribution is -2.04. The average molecular weight is 223 g/mol. The summed E-state index contributed by atoms with van der Waals surface area (Å²) >= 11 is 0. The fourth-order valence-electron chi connectivity index (χ4n) is 1.11. The van der Waals surface area contributed by atoms with E-state index in [-0.39, 0.29) is 24.8 Å². The fourth-order valence-corrected chi connectivity index (χ4v) is 1.11. The smallest absolute Gasteiger partial charge is 0.0270 e. The van der Waals surface area contributed by atoms with Gasteiger partial charge in [0.15, 0.2) is 0 Å². The number of aromatic nitrogens is 1. The van der Waals surface area contributed by atoms with Crippen molar-refractivity contribution in [3.8, 4) is 0 Å². The number of rotatable bonds is 3. The van der Waals surface area contributed by atoms with Gasteiger partial charge in [0, 0.05) is 12.4 Å². The first kappa shape index (κ1) is 15.2. The van der Waals surface area contributed by atoms with Crippen LogP contribution in [0.25, 0.3) is 0 Å². The Morgan fingerprint density at radius 3 is 2.31 bits per heavy atom. The largest absolute Gasteiger partial charge is 0.330 e. The minimum Gasteiger partial charge on any atom is -0.330 e. The number of halogens is 2. The zero-order valence-electron chi connectivity index (χ0n) is 7.64. The van der Waals surface area contributed by atoms with E-state index in [1.54, 1.807) is 0 Å². The normalized spacial score (nSPS) is 10.9. The van der Waals surface area contributed by atoms with Crippen molar-refractivity contribution in [2.24, 2.45) is 5.73 Å². The van der Waals surface area contributed by atoms with Gasteiger partial charge in [-0.05, 0) is 36.6 Å². The van der Waals surface area contributed by atoms with Crippen LogP contribution in [-0.4, -0.2) is 11.5 Å². The molecule has 76 valence electrons. The van der Waals surface area contributed by atoms with E-state index in [4.69, 9.17) is 5.73 Å². The van der Waals surface area contributed by atoms with Gasteiger partial charge in [0.2, 0.25) is 0 Å². The summed E-state index contributed by atoms with van der Waals surface area (Å²) in [4.78, 5) is 3.96. The molecule has 0 aliphatic carbocycles. The summed E-state index contributed by atoms with van der Waals surface area (Å²) < 4.78 is 0. The molecule has 0 amide bonds. The maximum Gasteiger partial charge on any atom is 0.0270 e. The zero-order chi connectivity index (χ0) is 8.10. The Kier molecular flexibility index (Phi) is 9.68. The van der Waals surface area contributed by atoms with Gasteiger partial charge < -0.3 is 5.73 Å². The highest BCUT2D eigenvalue weighted by Crippen LogP contribution is 2.16. The molecule has 1 rings (SSSR count). The third-order valence-electron chi connectivity index (χ3n) is 1.87. The molecule has 1 atom stereocenters. The number of pyridine rings is 1. The van der Waals surface area contributed by atoms with E-state index < -0.39 is 0 Å². The molecule has 0 bridgehead atoms. The van der Waals surface area contributed by atoms with Crippen LogP contribution in [0.2, 0.25) is 0 Å². The van der Waals surface area contributed by atoms with Crippen molar-refractivity contribution in [1.82, 2.24) is 4.98 Å². The summed E-state index contributed by atoms with van der Waals surface area (Å²) in [5, 5.41) is 0. The van der Waals surface area contributed by atoms with E-state index in [0.717, 1.165) is 13.0 Å². The van der Waals surface area contributed by atoms with Gasteiger partial charge in [-0.3, -0.25) is 4.98 Å². The lowest BCUT2D eigenvalue weighted by molar-refractivity contribution is 0.689. The van der Waals surface area contributed by atoms with Crippen molar-refractivity contribution in [3.63, 3.8) is 0 Å². The molecule has 13 heavy (non-hydrogen) atoms. The third kappa shape index (κ3) is 5.09. The van der Waals surface area contributed by atoms with Crippen LogP contribution < -0.4 is 5.73 Å². The predicted molar refractivity (Wildman–Crippen MR) is 60.8 cm³/mol. The predicted octanol–water partition coefficient (Wildman–Crippen LogP) is 2.38.